The molecule has 230 valence electrons. The van der Waals surface area contributed by atoms with E-state index < -0.39 is 0 Å². The highest BCUT2D eigenvalue weighted by atomic mass is 32.1. The van der Waals surface area contributed by atoms with E-state index in [1.165, 1.54) is 74.4 Å². The van der Waals surface area contributed by atoms with Gasteiger partial charge in [0.25, 0.3) is 0 Å². The molecule has 10 aromatic rings. The van der Waals surface area contributed by atoms with Crippen molar-refractivity contribution in [2.45, 2.75) is 0 Å². The van der Waals surface area contributed by atoms with Crippen LogP contribution in [0.1, 0.15) is 0 Å². The minimum absolute atomic E-state index is 1.09. The summed E-state index contributed by atoms with van der Waals surface area (Å²) in [5, 5.41) is 7.57. The molecule has 4 heteroatoms. The smallest absolute Gasteiger partial charge is 0.125 e. The first-order valence-electron chi connectivity index (χ1n) is 16.4. The number of pyridine rings is 1. The molecule has 0 unspecified atom stereocenters. The van der Waals surface area contributed by atoms with Crippen LogP contribution in [0.2, 0.25) is 0 Å². The maximum absolute atomic E-state index is 4.81. The number of fused-ring (bicyclic) bond motifs is 8. The minimum Gasteiger partial charge on any atom is -0.309 e. The van der Waals surface area contributed by atoms with Crippen molar-refractivity contribution < 1.29 is 0 Å². The zero-order valence-corrected chi connectivity index (χ0v) is 28.0. The van der Waals surface area contributed by atoms with Crippen molar-refractivity contribution in [1.82, 2.24) is 4.98 Å². The van der Waals surface area contributed by atoms with E-state index in [9.17, 15) is 0 Å². The monoisotopic (exact) mass is 660 g/mol. The van der Waals surface area contributed by atoms with E-state index in [0.717, 1.165) is 16.2 Å². The molecule has 0 bridgehead atoms. The Hall–Kier alpha value is -5.81. The Morgan fingerprint density at radius 2 is 1.06 bits per heavy atom. The molecule has 2 nitrogen and oxygen atoms in total. The van der Waals surface area contributed by atoms with Crippen molar-refractivity contribution in [2.75, 3.05) is 4.90 Å². The third kappa shape index (κ3) is 4.72. The Labute approximate surface area is 291 Å². The molecule has 49 heavy (non-hydrogen) atoms. The third-order valence-electron chi connectivity index (χ3n) is 9.54. The van der Waals surface area contributed by atoms with Crippen LogP contribution in [0.15, 0.2) is 170 Å². The van der Waals surface area contributed by atoms with Crippen molar-refractivity contribution in [2.24, 2.45) is 0 Å². The van der Waals surface area contributed by atoms with E-state index in [0.29, 0.717) is 0 Å². The van der Waals surface area contributed by atoms with E-state index in [2.05, 4.69) is 169 Å². The predicted molar refractivity (Wildman–Crippen MR) is 213 cm³/mol. The van der Waals surface area contributed by atoms with Crippen LogP contribution in [0.3, 0.4) is 0 Å². The summed E-state index contributed by atoms with van der Waals surface area (Å²) < 4.78 is 3.85. The van der Waals surface area contributed by atoms with E-state index in [-0.39, 0.29) is 0 Å². The zero-order valence-electron chi connectivity index (χ0n) is 26.4. The van der Waals surface area contributed by atoms with Crippen molar-refractivity contribution >= 4 is 91.0 Å². The van der Waals surface area contributed by atoms with Gasteiger partial charge in [0.1, 0.15) is 4.83 Å². The number of benzene rings is 7. The molecular weight excluding hydrogens is 633 g/mol. The Morgan fingerprint density at radius 1 is 0.429 bits per heavy atom. The molecule has 0 aliphatic heterocycles. The van der Waals surface area contributed by atoms with Gasteiger partial charge in [-0.1, -0.05) is 121 Å². The van der Waals surface area contributed by atoms with Crippen LogP contribution < -0.4 is 4.90 Å². The quantitative estimate of drug-likeness (QED) is 0.183. The second-order valence-electron chi connectivity index (χ2n) is 12.4. The summed E-state index contributed by atoms with van der Waals surface area (Å²) in [5.41, 5.74) is 8.27. The SMILES string of the molecule is c1ccc(-c2ccc(N(c3ccc(-c4ccc5c(c4)sc4ncc6ccccc6c45)cc3)c3cccc4c3sc3ccccc34)cc2)cc1. The highest BCUT2D eigenvalue weighted by Crippen LogP contribution is 2.45. The number of rotatable bonds is 5. The van der Waals surface area contributed by atoms with Gasteiger partial charge < -0.3 is 4.90 Å². The van der Waals surface area contributed by atoms with Gasteiger partial charge >= 0.3 is 0 Å². The first kappa shape index (κ1) is 28.2. The van der Waals surface area contributed by atoms with Gasteiger partial charge in [-0.3, -0.25) is 0 Å². The summed E-state index contributed by atoms with van der Waals surface area (Å²) >= 11 is 3.64. The first-order chi connectivity index (χ1) is 24.3. The topological polar surface area (TPSA) is 16.1 Å². The van der Waals surface area contributed by atoms with E-state index in [1.807, 2.05) is 17.5 Å². The van der Waals surface area contributed by atoms with E-state index in [4.69, 9.17) is 4.98 Å². The lowest BCUT2D eigenvalue weighted by molar-refractivity contribution is 1.30. The summed E-state index contributed by atoms with van der Waals surface area (Å²) in [4.78, 5) is 8.30. The van der Waals surface area contributed by atoms with Crippen LogP contribution in [-0.4, -0.2) is 4.98 Å². The largest absolute Gasteiger partial charge is 0.309 e. The molecule has 7 aromatic carbocycles. The first-order valence-corrected chi connectivity index (χ1v) is 18.1. The second-order valence-corrected chi connectivity index (χ2v) is 14.5. The molecule has 0 atom stereocenters. The van der Waals surface area contributed by atoms with E-state index >= 15 is 0 Å². The van der Waals surface area contributed by atoms with Crippen molar-refractivity contribution in [3.8, 4) is 22.3 Å². The number of thiophene rings is 2. The summed E-state index contributed by atoms with van der Waals surface area (Å²) in [6.07, 6.45) is 1.99. The fourth-order valence-electron chi connectivity index (χ4n) is 7.15. The summed E-state index contributed by atoms with van der Waals surface area (Å²) in [7, 11) is 0. The Morgan fingerprint density at radius 3 is 1.86 bits per heavy atom. The maximum atomic E-state index is 4.81. The molecule has 0 spiro atoms. The molecular formula is C45H28N2S2. The van der Waals surface area contributed by atoms with Crippen LogP contribution in [0.4, 0.5) is 17.1 Å². The average molecular weight is 661 g/mol. The lowest BCUT2D eigenvalue weighted by Gasteiger charge is -2.26. The van der Waals surface area contributed by atoms with Gasteiger partial charge in [-0.05, 0) is 70.1 Å². The van der Waals surface area contributed by atoms with Gasteiger partial charge in [-0.2, -0.15) is 0 Å². The van der Waals surface area contributed by atoms with Gasteiger partial charge in [0, 0.05) is 53.9 Å². The number of hydrogen-bond donors (Lipinski definition) is 0. The Bertz CT molecular complexity index is 2810. The number of anilines is 3. The van der Waals surface area contributed by atoms with Crippen molar-refractivity contribution in [3.05, 3.63) is 170 Å². The van der Waals surface area contributed by atoms with Gasteiger partial charge in [0.2, 0.25) is 0 Å². The van der Waals surface area contributed by atoms with Crippen LogP contribution in [0.25, 0.3) is 73.5 Å². The van der Waals surface area contributed by atoms with Crippen molar-refractivity contribution in [3.63, 3.8) is 0 Å². The van der Waals surface area contributed by atoms with E-state index in [1.54, 1.807) is 11.3 Å². The fraction of sp³-hybridized carbons (Fsp3) is 0. The summed E-state index contributed by atoms with van der Waals surface area (Å²) in [6.45, 7) is 0. The minimum atomic E-state index is 1.09. The van der Waals surface area contributed by atoms with Crippen LogP contribution in [-0.2, 0) is 0 Å². The lowest BCUT2D eigenvalue weighted by Crippen LogP contribution is -2.10. The van der Waals surface area contributed by atoms with Crippen LogP contribution in [0.5, 0.6) is 0 Å². The average Bonchev–Trinajstić information content (AvgIpc) is 3.75. The maximum Gasteiger partial charge on any atom is 0.125 e. The highest BCUT2D eigenvalue weighted by molar-refractivity contribution is 7.26. The molecule has 0 aliphatic carbocycles. The van der Waals surface area contributed by atoms with Crippen LogP contribution in [0, 0.1) is 0 Å². The highest BCUT2D eigenvalue weighted by Gasteiger charge is 2.19. The van der Waals surface area contributed by atoms with Crippen molar-refractivity contribution in [1.29, 1.82) is 0 Å². The molecule has 0 saturated carbocycles. The Kier molecular flexibility index (Phi) is 6.57. The number of hydrogen-bond acceptors (Lipinski definition) is 4. The summed E-state index contributed by atoms with van der Waals surface area (Å²) in [6, 6.07) is 59.4. The van der Waals surface area contributed by atoms with Gasteiger partial charge in [-0.15, -0.1) is 22.7 Å². The molecule has 0 N–H and O–H groups in total. The normalized spacial score (nSPS) is 11.7. The molecule has 0 fully saturated rings. The van der Waals surface area contributed by atoms with Gasteiger partial charge in [-0.25, -0.2) is 4.98 Å². The standard InChI is InChI=1S/C45H28N2S2/c1-2-9-29(10-3-1)30-17-22-34(23-18-30)47(40-15-8-14-38-37-13-6-7-16-41(37)48-44(38)40)35-24-19-31(20-25-35)32-21-26-39-42(27-32)49-45-43(39)36-12-5-4-11-33(36)28-46-45/h1-28H. The van der Waals surface area contributed by atoms with Gasteiger partial charge in [0.15, 0.2) is 0 Å². The summed E-state index contributed by atoms with van der Waals surface area (Å²) in [5.74, 6) is 0. The lowest BCUT2D eigenvalue weighted by atomic mass is 10.0. The fourth-order valence-corrected chi connectivity index (χ4v) is 9.46. The molecule has 0 radical (unpaired) electrons. The third-order valence-corrected chi connectivity index (χ3v) is 11.8. The number of nitrogens with zero attached hydrogens (tertiary/aromatic N) is 2. The molecule has 3 aromatic heterocycles. The zero-order chi connectivity index (χ0) is 32.3. The molecule has 3 heterocycles. The van der Waals surface area contributed by atoms with Gasteiger partial charge in [0.05, 0.1) is 10.4 Å². The molecule has 0 aliphatic rings. The predicted octanol–water partition coefficient (Wildman–Crippen LogP) is 13.8. The molecule has 10 rings (SSSR count). The molecule has 0 saturated heterocycles. The molecule has 0 amide bonds. The van der Waals surface area contributed by atoms with Crippen LogP contribution >= 0.6 is 22.7 Å². The number of aromatic nitrogens is 1. The second kappa shape index (κ2) is 11.4. The Balaban J connectivity index is 1.08.